The smallest absolute Gasteiger partial charge is 0.294 e. The molecule has 2 rings (SSSR count). The van der Waals surface area contributed by atoms with Crippen LogP contribution in [0.1, 0.15) is 18.9 Å². The highest BCUT2D eigenvalue weighted by Crippen LogP contribution is 2.08. The Bertz CT molecular complexity index is 465. The Hall–Kier alpha value is -0.980. The van der Waals surface area contributed by atoms with Crippen LogP contribution in [0.3, 0.4) is 0 Å². The van der Waals surface area contributed by atoms with E-state index in [9.17, 15) is 12.8 Å². The van der Waals surface area contributed by atoms with E-state index in [4.69, 9.17) is 4.55 Å². The fraction of sp³-hybridized carbons (Fsp3) is 0.500. The fourth-order valence-electron chi connectivity index (χ4n) is 1.59. The molecule has 4 nitrogen and oxygen atoms in total. The number of alkyl halides is 1. The highest BCUT2D eigenvalue weighted by Gasteiger charge is 2.18. The molecule has 0 unspecified atom stereocenters. The van der Waals surface area contributed by atoms with Crippen LogP contribution in [0.15, 0.2) is 29.2 Å². The molecule has 0 radical (unpaired) electrons. The molecular formula is C12H18FNO3S. The fourth-order valence-corrected chi connectivity index (χ4v) is 2.07. The number of nitrogens with one attached hydrogen (secondary N) is 1. The molecule has 1 aliphatic heterocycles. The van der Waals surface area contributed by atoms with E-state index in [1.165, 1.54) is 12.1 Å². The van der Waals surface area contributed by atoms with Gasteiger partial charge in [0.15, 0.2) is 0 Å². The number of halogens is 1. The van der Waals surface area contributed by atoms with E-state index in [1.807, 2.05) is 13.8 Å². The first-order valence-electron chi connectivity index (χ1n) is 5.70. The van der Waals surface area contributed by atoms with Crippen LogP contribution in [0, 0.1) is 6.92 Å². The van der Waals surface area contributed by atoms with Gasteiger partial charge in [-0.1, -0.05) is 17.7 Å². The molecule has 18 heavy (non-hydrogen) atoms. The van der Waals surface area contributed by atoms with E-state index in [0.717, 1.165) is 5.56 Å². The monoisotopic (exact) mass is 275 g/mol. The van der Waals surface area contributed by atoms with Gasteiger partial charge in [0.25, 0.3) is 10.1 Å². The van der Waals surface area contributed by atoms with Crippen molar-refractivity contribution in [3.8, 4) is 0 Å². The van der Waals surface area contributed by atoms with E-state index in [0.29, 0.717) is 19.0 Å². The Balaban J connectivity index is 0.000000199. The van der Waals surface area contributed by atoms with Crippen LogP contribution in [-0.4, -0.2) is 31.7 Å². The minimum atomic E-state index is -4.02. The van der Waals surface area contributed by atoms with E-state index >= 15 is 0 Å². The predicted octanol–water partition coefficient (Wildman–Crippen LogP) is 1.95. The van der Waals surface area contributed by atoms with Crippen LogP contribution in [0.25, 0.3) is 0 Å². The average Bonchev–Trinajstić information content (AvgIpc) is 2.62. The van der Waals surface area contributed by atoms with Crippen LogP contribution in [0.4, 0.5) is 4.39 Å². The summed E-state index contributed by atoms with van der Waals surface area (Å²) in [7, 11) is -4.02. The topological polar surface area (TPSA) is 66.4 Å². The van der Waals surface area contributed by atoms with Gasteiger partial charge in [-0.05, 0) is 32.4 Å². The van der Waals surface area contributed by atoms with Gasteiger partial charge in [-0.3, -0.25) is 4.55 Å². The molecule has 1 heterocycles. The molecule has 1 aromatic carbocycles. The van der Waals surface area contributed by atoms with Gasteiger partial charge in [0.05, 0.1) is 4.90 Å². The molecule has 1 saturated heterocycles. The lowest BCUT2D eigenvalue weighted by molar-refractivity contribution is 0.357. The maximum Gasteiger partial charge on any atom is 0.294 e. The van der Waals surface area contributed by atoms with Crippen LogP contribution in [0.2, 0.25) is 0 Å². The van der Waals surface area contributed by atoms with Crippen LogP contribution in [0.5, 0.6) is 0 Å². The summed E-state index contributed by atoms with van der Waals surface area (Å²) < 4.78 is 41.7. The Kier molecular flexibility index (Phi) is 5.25. The van der Waals surface area contributed by atoms with Crippen molar-refractivity contribution in [2.75, 3.05) is 6.54 Å². The molecule has 2 atom stereocenters. The summed E-state index contributed by atoms with van der Waals surface area (Å²) in [5.74, 6) is 0. The van der Waals surface area contributed by atoms with E-state index in [1.54, 1.807) is 12.1 Å². The second kappa shape index (κ2) is 6.26. The summed E-state index contributed by atoms with van der Waals surface area (Å²) in [6, 6.07) is 6.39. The van der Waals surface area contributed by atoms with Gasteiger partial charge >= 0.3 is 0 Å². The molecule has 2 N–H and O–H groups in total. The predicted molar refractivity (Wildman–Crippen MR) is 68.0 cm³/mol. The van der Waals surface area contributed by atoms with Gasteiger partial charge in [0.1, 0.15) is 6.17 Å². The molecule has 0 bridgehead atoms. The molecule has 1 aliphatic rings. The lowest BCUT2D eigenvalue weighted by Gasteiger charge is -1.95. The molecule has 0 aliphatic carbocycles. The number of hydrogen-bond acceptors (Lipinski definition) is 3. The summed E-state index contributed by atoms with van der Waals surface area (Å²) in [6.07, 6.45) is 0.106. The Labute approximate surface area is 107 Å². The number of aryl methyl sites for hydroxylation is 1. The van der Waals surface area contributed by atoms with Crippen molar-refractivity contribution < 1.29 is 17.4 Å². The zero-order valence-electron chi connectivity index (χ0n) is 10.4. The van der Waals surface area contributed by atoms with Gasteiger partial charge in [-0.25, -0.2) is 4.39 Å². The normalized spacial score (nSPS) is 23.3. The van der Waals surface area contributed by atoms with Crippen molar-refractivity contribution in [1.82, 2.24) is 5.32 Å². The van der Waals surface area contributed by atoms with Crippen molar-refractivity contribution in [2.24, 2.45) is 0 Å². The first-order chi connectivity index (χ1) is 8.29. The SMILES string of the molecule is C[C@@H]1C[C@H](F)CN1.Cc1ccc(S(=O)(=O)O)cc1. The molecule has 6 heteroatoms. The first kappa shape index (κ1) is 15.1. The lowest BCUT2D eigenvalue weighted by Crippen LogP contribution is -2.16. The van der Waals surface area contributed by atoms with E-state index in [2.05, 4.69) is 5.32 Å². The van der Waals surface area contributed by atoms with E-state index in [-0.39, 0.29) is 4.90 Å². The van der Waals surface area contributed by atoms with Gasteiger partial charge < -0.3 is 5.32 Å². The summed E-state index contributed by atoms with van der Waals surface area (Å²) in [6.45, 7) is 4.40. The molecule has 0 aromatic heterocycles. The van der Waals surface area contributed by atoms with Gasteiger partial charge in [0.2, 0.25) is 0 Å². The second-order valence-corrected chi connectivity index (χ2v) is 5.85. The molecule has 1 aromatic rings. The van der Waals surface area contributed by atoms with Crippen LogP contribution >= 0.6 is 0 Å². The average molecular weight is 275 g/mol. The zero-order chi connectivity index (χ0) is 13.8. The molecule has 102 valence electrons. The minimum absolute atomic E-state index is 0.0666. The van der Waals surface area contributed by atoms with Crippen LogP contribution < -0.4 is 5.32 Å². The van der Waals surface area contributed by atoms with Gasteiger partial charge in [-0.2, -0.15) is 8.42 Å². The molecule has 0 amide bonds. The maximum atomic E-state index is 12.1. The van der Waals surface area contributed by atoms with Crippen molar-refractivity contribution in [3.63, 3.8) is 0 Å². The Morgan fingerprint density at radius 3 is 2.17 bits per heavy atom. The van der Waals surface area contributed by atoms with Crippen LogP contribution in [-0.2, 0) is 10.1 Å². The summed E-state index contributed by atoms with van der Waals surface area (Å²) >= 11 is 0. The summed E-state index contributed by atoms with van der Waals surface area (Å²) in [5.41, 5.74) is 0.956. The molecule has 1 fully saturated rings. The summed E-state index contributed by atoms with van der Waals surface area (Å²) in [4.78, 5) is -0.0666. The lowest BCUT2D eigenvalue weighted by atomic mass is 10.2. The standard InChI is InChI=1S/C7H8O3S.C5H10FN/c1-6-2-4-7(5-3-6)11(8,9)10;1-4-2-5(6)3-7-4/h2-5H,1H3,(H,8,9,10);4-5,7H,2-3H2,1H3/t;4-,5+/m.1/s1. The van der Waals surface area contributed by atoms with Crippen molar-refractivity contribution >= 4 is 10.1 Å². The van der Waals surface area contributed by atoms with Crippen molar-refractivity contribution in [1.29, 1.82) is 0 Å². The third-order valence-electron chi connectivity index (χ3n) is 2.62. The number of rotatable bonds is 1. The van der Waals surface area contributed by atoms with Crippen molar-refractivity contribution in [2.45, 2.75) is 37.4 Å². The molecule has 0 spiro atoms. The third-order valence-corrected chi connectivity index (χ3v) is 3.48. The third kappa shape index (κ3) is 5.12. The Morgan fingerprint density at radius 2 is 1.89 bits per heavy atom. The minimum Gasteiger partial charge on any atom is -0.311 e. The van der Waals surface area contributed by atoms with E-state index < -0.39 is 16.3 Å². The molecular weight excluding hydrogens is 257 g/mol. The van der Waals surface area contributed by atoms with Gasteiger partial charge in [0, 0.05) is 12.6 Å². The highest BCUT2D eigenvalue weighted by molar-refractivity contribution is 7.85. The highest BCUT2D eigenvalue weighted by atomic mass is 32.2. The summed E-state index contributed by atoms with van der Waals surface area (Å²) in [5, 5.41) is 2.99. The quantitative estimate of drug-likeness (QED) is 0.769. The second-order valence-electron chi connectivity index (χ2n) is 4.43. The number of hydrogen-bond donors (Lipinski definition) is 2. The zero-order valence-corrected chi connectivity index (χ0v) is 11.2. The molecule has 0 saturated carbocycles. The number of benzene rings is 1. The maximum absolute atomic E-state index is 12.1. The van der Waals surface area contributed by atoms with Crippen molar-refractivity contribution in [3.05, 3.63) is 29.8 Å². The largest absolute Gasteiger partial charge is 0.311 e. The van der Waals surface area contributed by atoms with Gasteiger partial charge in [-0.15, -0.1) is 0 Å². The first-order valence-corrected chi connectivity index (χ1v) is 7.14. The Morgan fingerprint density at radius 1 is 1.33 bits per heavy atom.